The SMILES string of the molecule is CC(C)CCN1CCC2CN(C(C)C)CC2C1. The van der Waals surface area contributed by atoms with Crippen LogP contribution in [0.5, 0.6) is 0 Å². The summed E-state index contributed by atoms with van der Waals surface area (Å²) in [7, 11) is 0. The van der Waals surface area contributed by atoms with Gasteiger partial charge in [0.1, 0.15) is 0 Å². The minimum Gasteiger partial charge on any atom is -0.303 e. The molecule has 2 aliphatic heterocycles. The molecule has 100 valence electrons. The third kappa shape index (κ3) is 3.45. The molecular weight excluding hydrogens is 208 g/mol. The second-order valence-corrected chi connectivity index (χ2v) is 6.84. The van der Waals surface area contributed by atoms with Gasteiger partial charge in [-0.15, -0.1) is 0 Å². The van der Waals surface area contributed by atoms with E-state index in [4.69, 9.17) is 0 Å². The van der Waals surface area contributed by atoms with Gasteiger partial charge in [-0.05, 0) is 57.5 Å². The summed E-state index contributed by atoms with van der Waals surface area (Å²) in [5.74, 6) is 2.80. The van der Waals surface area contributed by atoms with Crippen molar-refractivity contribution in [3.8, 4) is 0 Å². The molecule has 0 aliphatic carbocycles. The molecule has 2 heterocycles. The maximum atomic E-state index is 2.71. The Morgan fingerprint density at radius 3 is 2.35 bits per heavy atom. The first-order valence-electron chi connectivity index (χ1n) is 7.52. The summed E-state index contributed by atoms with van der Waals surface area (Å²) < 4.78 is 0. The van der Waals surface area contributed by atoms with Crippen LogP contribution in [0.4, 0.5) is 0 Å². The van der Waals surface area contributed by atoms with Gasteiger partial charge in [-0.2, -0.15) is 0 Å². The molecule has 0 aromatic rings. The number of hydrogen-bond acceptors (Lipinski definition) is 2. The van der Waals surface area contributed by atoms with Gasteiger partial charge in [-0.3, -0.25) is 0 Å². The highest BCUT2D eigenvalue weighted by Crippen LogP contribution is 2.32. The van der Waals surface area contributed by atoms with Crippen molar-refractivity contribution >= 4 is 0 Å². The van der Waals surface area contributed by atoms with Crippen molar-refractivity contribution in [2.45, 2.75) is 46.6 Å². The van der Waals surface area contributed by atoms with E-state index in [0.717, 1.165) is 23.8 Å². The Kier molecular flexibility index (Phi) is 4.48. The van der Waals surface area contributed by atoms with Crippen LogP contribution >= 0.6 is 0 Å². The first-order chi connectivity index (χ1) is 8.06. The lowest BCUT2D eigenvalue weighted by Crippen LogP contribution is -2.40. The third-order valence-electron chi connectivity index (χ3n) is 4.67. The summed E-state index contributed by atoms with van der Waals surface area (Å²) >= 11 is 0. The molecule has 0 aromatic heterocycles. The van der Waals surface area contributed by atoms with Gasteiger partial charge in [0, 0.05) is 25.7 Å². The largest absolute Gasteiger partial charge is 0.303 e. The molecule has 2 atom stereocenters. The molecule has 0 spiro atoms. The van der Waals surface area contributed by atoms with Crippen molar-refractivity contribution in [1.82, 2.24) is 9.80 Å². The molecule has 0 saturated carbocycles. The molecular formula is C15H30N2. The lowest BCUT2D eigenvalue weighted by atomic mass is 9.88. The first kappa shape index (κ1) is 13.4. The quantitative estimate of drug-likeness (QED) is 0.743. The Balaban J connectivity index is 1.79. The number of piperidine rings is 1. The number of fused-ring (bicyclic) bond motifs is 1. The molecule has 0 N–H and O–H groups in total. The highest BCUT2D eigenvalue weighted by atomic mass is 15.2. The molecule has 0 amide bonds. The van der Waals surface area contributed by atoms with Crippen LogP contribution in [0.2, 0.25) is 0 Å². The average molecular weight is 238 g/mol. The highest BCUT2D eigenvalue weighted by molar-refractivity contribution is 4.90. The van der Waals surface area contributed by atoms with Gasteiger partial charge in [0.05, 0.1) is 0 Å². The highest BCUT2D eigenvalue weighted by Gasteiger charge is 2.37. The lowest BCUT2D eigenvalue weighted by Gasteiger charge is -2.34. The van der Waals surface area contributed by atoms with E-state index in [9.17, 15) is 0 Å². The molecule has 2 saturated heterocycles. The Labute approximate surface area is 107 Å². The van der Waals surface area contributed by atoms with Crippen molar-refractivity contribution < 1.29 is 0 Å². The van der Waals surface area contributed by atoms with Gasteiger partial charge in [0.2, 0.25) is 0 Å². The monoisotopic (exact) mass is 238 g/mol. The molecule has 0 bridgehead atoms. The van der Waals surface area contributed by atoms with E-state index in [1.807, 2.05) is 0 Å². The zero-order chi connectivity index (χ0) is 12.4. The fourth-order valence-electron chi connectivity index (χ4n) is 3.35. The molecule has 2 fully saturated rings. The minimum absolute atomic E-state index is 0.740. The second-order valence-electron chi connectivity index (χ2n) is 6.84. The number of rotatable bonds is 4. The van der Waals surface area contributed by atoms with E-state index in [-0.39, 0.29) is 0 Å². The van der Waals surface area contributed by atoms with Crippen LogP contribution in [0, 0.1) is 17.8 Å². The summed E-state index contributed by atoms with van der Waals surface area (Å²) in [5.41, 5.74) is 0. The Bertz CT molecular complexity index is 237. The Hall–Kier alpha value is -0.0800. The third-order valence-corrected chi connectivity index (χ3v) is 4.67. The molecule has 2 heteroatoms. The van der Waals surface area contributed by atoms with Crippen LogP contribution in [-0.4, -0.2) is 48.6 Å². The van der Waals surface area contributed by atoms with E-state index < -0.39 is 0 Å². The maximum absolute atomic E-state index is 2.71. The van der Waals surface area contributed by atoms with Gasteiger partial charge < -0.3 is 9.80 Å². The van der Waals surface area contributed by atoms with E-state index in [1.54, 1.807) is 0 Å². The van der Waals surface area contributed by atoms with Crippen LogP contribution in [0.25, 0.3) is 0 Å². The van der Waals surface area contributed by atoms with Gasteiger partial charge in [0.15, 0.2) is 0 Å². The molecule has 0 radical (unpaired) electrons. The van der Waals surface area contributed by atoms with Crippen LogP contribution in [-0.2, 0) is 0 Å². The fourth-order valence-corrected chi connectivity index (χ4v) is 3.35. The summed E-state index contributed by atoms with van der Waals surface area (Å²) in [6.07, 6.45) is 2.80. The number of hydrogen-bond donors (Lipinski definition) is 0. The lowest BCUT2D eigenvalue weighted by molar-refractivity contribution is 0.142. The summed E-state index contributed by atoms with van der Waals surface area (Å²) in [5, 5.41) is 0. The van der Waals surface area contributed by atoms with Crippen molar-refractivity contribution in [3.05, 3.63) is 0 Å². The van der Waals surface area contributed by atoms with Gasteiger partial charge in [-0.1, -0.05) is 13.8 Å². The van der Waals surface area contributed by atoms with Gasteiger partial charge in [0.25, 0.3) is 0 Å². The average Bonchev–Trinajstić information content (AvgIpc) is 2.69. The van der Waals surface area contributed by atoms with Crippen LogP contribution in [0.15, 0.2) is 0 Å². The van der Waals surface area contributed by atoms with Crippen molar-refractivity contribution in [1.29, 1.82) is 0 Å². The summed E-state index contributed by atoms with van der Waals surface area (Å²) in [4.78, 5) is 5.40. The van der Waals surface area contributed by atoms with Crippen molar-refractivity contribution in [2.24, 2.45) is 17.8 Å². The molecule has 0 aromatic carbocycles. The van der Waals surface area contributed by atoms with Crippen LogP contribution in [0.3, 0.4) is 0 Å². The van der Waals surface area contributed by atoms with Crippen molar-refractivity contribution in [3.63, 3.8) is 0 Å². The zero-order valence-electron chi connectivity index (χ0n) is 12.2. The van der Waals surface area contributed by atoms with E-state index >= 15 is 0 Å². The van der Waals surface area contributed by atoms with Crippen LogP contribution < -0.4 is 0 Å². The predicted octanol–water partition coefficient (Wildman–Crippen LogP) is 2.69. The van der Waals surface area contributed by atoms with Gasteiger partial charge >= 0.3 is 0 Å². The van der Waals surface area contributed by atoms with E-state index in [0.29, 0.717) is 0 Å². The van der Waals surface area contributed by atoms with Gasteiger partial charge in [-0.25, -0.2) is 0 Å². The normalized spacial score (nSPS) is 31.4. The number of nitrogens with zero attached hydrogens (tertiary/aromatic N) is 2. The molecule has 2 rings (SSSR count). The maximum Gasteiger partial charge on any atom is 0.00388 e. The zero-order valence-corrected chi connectivity index (χ0v) is 12.2. The molecule has 17 heavy (non-hydrogen) atoms. The van der Waals surface area contributed by atoms with Crippen LogP contribution in [0.1, 0.15) is 40.5 Å². The fraction of sp³-hybridized carbons (Fsp3) is 1.00. The molecule has 2 unspecified atom stereocenters. The summed E-state index contributed by atoms with van der Waals surface area (Å²) in [6.45, 7) is 16.1. The molecule has 2 nitrogen and oxygen atoms in total. The van der Waals surface area contributed by atoms with E-state index in [2.05, 4.69) is 37.5 Å². The van der Waals surface area contributed by atoms with Crippen molar-refractivity contribution in [2.75, 3.05) is 32.7 Å². The smallest absolute Gasteiger partial charge is 0.00388 e. The first-order valence-corrected chi connectivity index (χ1v) is 7.52. The minimum atomic E-state index is 0.740. The second kappa shape index (κ2) is 5.71. The Morgan fingerprint density at radius 1 is 1.00 bits per heavy atom. The standard InChI is InChI=1S/C15H30N2/c1-12(2)5-7-16-8-6-14-10-17(13(3)4)11-15(14)9-16/h12-15H,5-11H2,1-4H3. The number of likely N-dealkylation sites (tertiary alicyclic amines) is 2. The summed E-state index contributed by atoms with van der Waals surface area (Å²) in [6, 6.07) is 0.740. The predicted molar refractivity (Wildman–Crippen MR) is 74.2 cm³/mol. The topological polar surface area (TPSA) is 6.48 Å². The Morgan fingerprint density at radius 2 is 1.71 bits per heavy atom. The van der Waals surface area contributed by atoms with E-state index in [1.165, 1.54) is 45.6 Å². The molecule has 2 aliphatic rings.